The molecule has 4 unspecified atom stereocenters. The summed E-state index contributed by atoms with van der Waals surface area (Å²) < 4.78 is 0. The zero-order valence-electron chi connectivity index (χ0n) is 19.7. The Bertz CT molecular complexity index is 842. The first kappa shape index (κ1) is 30.6. The largest absolute Gasteiger partial charge is 0.508 e. The van der Waals surface area contributed by atoms with Gasteiger partial charge in [-0.1, -0.05) is 12.1 Å². The summed E-state index contributed by atoms with van der Waals surface area (Å²) >= 11 is 2.94. The number of hydrogen-bond acceptors (Lipinski definition) is 9. The van der Waals surface area contributed by atoms with Crippen molar-refractivity contribution in [2.75, 3.05) is 30.6 Å². The lowest BCUT2D eigenvalue weighted by Crippen LogP contribution is -2.58. The second-order valence-corrected chi connectivity index (χ2v) is 9.72. The maximum Gasteiger partial charge on any atom is 0.326 e. The van der Waals surface area contributed by atoms with Crippen molar-refractivity contribution >= 4 is 47.2 Å². The van der Waals surface area contributed by atoms with E-state index in [0.29, 0.717) is 23.5 Å². The molecule has 0 radical (unpaired) electrons. The molecule has 35 heavy (non-hydrogen) atoms. The summed E-state index contributed by atoms with van der Waals surface area (Å²) in [5.74, 6) is -2.23. The van der Waals surface area contributed by atoms with Gasteiger partial charge in [0.2, 0.25) is 17.7 Å². The summed E-state index contributed by atoms with van der Waals surface area (Å²) in [7, 11) is 0. The number of benzene rings is 1. The van der Waals surface area contributed by atoms with Gasteiger partial charge < -0.3 is 37.0 Å². The lowest BCUT2D eigenvalue weighted by Gasteiger charge is -2.24. The lowest BCUT2D eigenvalue weighted by molar-refractivity contribution is -0.142. The number of phenols is 1. The van der Waals surface area contributed by atoms with Crippen LogP contribution in [-0.4, -0.2) is 93.8 Å². The van der Waals surface area contributed by atoms with Gasteiger partial charge in [0.05, 0.1) is 12.6 Å². The molecule has 0 aliphatic carbocycles. The molecule has 3 amide bonds. The van der Waals surface area contributed by atoms with Crippen LogP contribution in [0.5, 0.6) is 5.75 Å². The topological polar surface area (TPSA) is 191 Å². The van der Waals surface area contributed by atoms with Crippen LogP contribution in [0.4, 0.5) is 0 Å². The number of rotatable bonds is 16. The van der Waals surface area contributed by atoms with E-state index in [2.05, 4.69) is 16.0 Å². The summed E-state index contributed by atoms with van der Waals surface area (Å²) in [5.41, 5.74) is 6.40. The number of hydrogen-bond donors (Lipinski definition) is 7. The van der Waals surface area contributed by atoms with Crippen LogP contribution in [0, 0.1) is 0 Å². The predicted octanol–water partition coefficient (Wildman–Crippen LogP) is -0.700. The molecule has 0 aromatic heterocycles. The highest BCUT2D eigenvalue weighted by atomic mass is 32.2. The van der Waals surface area contributed by atoms with Crippen LogP contribution in [0.2, 0.25) is 0 Å². The number of aliphatic carboxylic acids is 1. The van der Waals surface area contributed by atoms with Crippen LogP contribution in [-0.2, 0) is 25.6 Å². The summed E-state index contributed by atoms with van der Waals surface area (Å²) in [6, 6.07) is 1.35. The van der Waals surface area contributed by atoms with Crippen LogP contribution < -0.4 is 21.7 Å². The molecule has 0 saturated carbocycles. The van der Waals surface area contributed by atoms with Crippen molar-refractivity contribution < 1.29 is 34.5 Å². The minimum atomic E-state index is -1.36. The number of phenolic OH excluding ortho intramolecular Hbond substituents is 1. The number of nitrogens with one attached hydrogen (secondary N) is 3. The van der Waals surface area contributed by atoms with Gasteiger partial charge in [-0.15, -0.1) is 0 Å². The first-order chi connectivity index (χ1) is 16.6. The van der Waals surface area contributed by atoms with Crippen molar-refractivity contribution in [1.82, 2.24) is 16.0 Å². The first-order valence-electron chi connectivity index (χ1n) is 10.9. The summed E-state index contributed by atoms with van der Waals surface area (Å²) in [4.78, 5) is 49.6. The highest BCUT2D eigenvalue weighted by molar-refractivity contribution is 7.98. The van der Waals surface area contributed by atoms with Crippen molar-refractivity contribution in [2.45, 2.75) is 43.4 Å². The molecule has 0 bridgehead atoms. The molecule has 4 atom stereocenters. The zero-order valence-corrected chi connectivity index (χ0v) is 21.4. The van der Waals surface area contributed by atoms with Gasteiger partial charge in [0.25, 0.3) is 0 Å². The van der Waals surface area contributed by atoms with E-state index in [1.165, 1.54) is 35.7 Å². The number of carbonyl (C=O) groups is 4. The van der Waals surface area contributed by atoms with E-state index in [1.807, 2.05) is 12.5 Å². The molecular weight excluding hydrogens is 496 g/mol. The number of aliphatic hydroxyl groups is 1. The van der Waals surface area contributed by atoms with Crippen LogP contribution in [0.1, 0.15) is 18.4 Å². The Morgan fingerprint density at radius 2 is 1.37 bits per heavy atom. The van der Waals surface area contributed by atoms with Crippen LogP contribution in [0.25, 0.3) is 0 Å². The van der Waals surface area contributed by atoms with Gasteiger partial charge in [0.1, 0.15) is 23.9 Å². The molecule has 0 spiro atoms. The molecule has 196 valence electrons. The van der Waals surface area contributed by atoms with Gasteiger partial charge in [-0.25, -0.2) is 4.79 Å². The lowest BCUT2D eigenvalue weighted by atomic mass is 10.0. The standard InChI is InChI=1S/C22H34N4O7S2/c1-34-9-7-15(23)19(29)26-18(12-27)21(31)25-17(11-13-3-5-14(28)6-4-13)20(30)24-16(22(32)33)8-10-35-2/h3-6,15-18,27-28H,7-12,23H2,1-2H3,(H,24,30)(H,25,31)(H,26,29)(H,32,33). The fourth-order valence-corrected chi connectivity index (χ4v) is 3.92. The van der Waals surface area contributed by atoms with Crippen molar-refractivity contribution in [3.63, 3.8) is 0 Å². The zero-order chi connectivity index (χ0) is 26.4. The average molecular weight is 531 g/mol. The number of carbonyl (C=O) groups excluding carboxylic acids is 3. The SMILES string of the molecule is CSCCC(N)C(=O)NC(CO)C(=O)NC(Cc1ccc(O)cc1)C(=O)NC(CCSC)C(=O)O. The third-order valence-corrected chi connectivity index (χ3v) is 6.31. The quantitative estimate of drug-likeness (QED) is 0.144. The second kappa shape index (κ2) is 16.2. The molecular formula is C22H34N4O7S2. The second-order valence-electron chi connectivity index (χ2n) is 7.74. The van der Waals surface area contributed by atoms with Gasteiger partial charge in [0.15, 0.2) is 0 Å². The molecule has 0 fully saturated rings. The van der Waals surface area contributed by atoms with E-state index in [9.17, 15) is 34.5 Å². The van der Waals surface area contributed by atoms with Crippen LogP contribution in [0.15, 0.2) is 24.3 Å². The van der Waals surface area contributed by atoms with E-state index in [0.717, 1.165) is 0 Å². The summed E-state index contributed by atoms with van der Waals surface area (Å²) in [5, 5.41) is 35.9. The number of thioether (sulfide) groups is 2. The molecule has 0 aliphatic heterocycles. The van der Waals surface area contributed by atoms with E-state index < -0.39 is 54.5 Å². The number of nitrogens with two attached hydrogens (primary N) is 1. The molecule has 1 aromatic carbocycles. The Morgan fingerprint density at radius 3 is 1.91 bits per heavy atom. The Morgan fingerprint density at radius 1 is 0.857 bits per heavy atom. The van der Waals surface area contributed by atoms with Crippen molar-refractivity contribution in [2.24, 2.45) is 5.73 Å². The van der Waals surface area contributed by atoms with Gasteiger partial charge in [-0.2, -0.15) is 23.5 Å². The third kappa shape index (κ3) is 11.2. The fourth-order valence-electron chi connectivity index (χ4n) is 2.96. The Kier molecular flexibility index (Phi) is 14.2. The van der Waals surface area contributed by atoms with Gasteiger partial charge >= 0.3 is 5.97 Å². The van der Waals surface area contributed by atoms with Gasteiger partial charge in [-0.3, -0.25) is 14.4 Å². The van der Waals surface area contributed by atoms with E-state index in [-0.39, 0.29) is 18.6 Å². The maximum atomic E-state index is 13.0. The molecule has 1 aromatic rings. The van der Waals surface area contributed by atoms with Crippen LogP contribution in [0.3, 0.4) is 0 Å². The highest BCUT2D eigenvalue weighted by Crippen LogP contribution is 2.12. The predicted molar refractivity (Wildman–Crippen MR) is 136 cm³/mol. The number of aliphatic hydroxyl groups excluding tert-OH is 1. The van der Waals surface area contributed by atoms with Gasteiger partial charge in [0, 0.05) is 6.42 Å². The monoisotopic (exact) mass is 530 g/mol. The van der Waals surface area contributed by atoms with E-state index in [4.69, 9.17) is 5.73 Å². The molecule has 0 aliphatic rings. The highest BCUT2D eigenvalue weighted by Gasteiger charge is 2.30. The average Bonchev–Trinajstić information content (AvgIpc) is 2.83. The van der Waals surface area contributed by atoms with Crippen LogP contribution >= 0.6 is 23.5 Å². The van der Waals surface area contributed by atoms with Crippen molar-refractivity contribution in [3.8, 4) is 5.75 Å². The van der Waals surface area contributed by atoms with Gasteiger partial charge in [-0.05, 0) is 54.6 Å². The normalized spacial score (nSPS) is 14.3. The Labute approximate surface area is 213 Å². The molecule has 8 N–H and O–H groups in total. The minimum absolute atomic E-state index is 0.0164. The van der Waals surface area contributed by atoms with E-state index >= 15 is 0 Å². The first-order valence-corrected chi connectivity index (χ1v) is 13.7. The summed E-state index contributed by atoms with van der Waals surface area (Å²) in [6.45, 7) is -0.730. The Hall–Kier alpha value is -2.48. The van der Waals surface area contributed by atoms with Crippen molar-refractivity contribution in [1.29, 1.82) is 0 Å². The number of amides is 3. The fraction of sp³-hybridized carbons (Fsp3) is 0.545. The third-order valence-electron chi connectivity index (χ3n) is 5.02. The molecule has 13 heteroatoms. The van der Waals surface area contributed by atoms with Crippen molar-refractivity contribution in [3.05, 3.63) is 29.8 Å². The molecule has 11 nitrogen and oxygen atoms in total. The molecule has 0 heterocycles. The van der Waals surface area contributed by atoms with E-state index in [1.54, 1.807) is 12.1 Å². The Balaban J connectivity index is 3.00. The summed E-state index contributed by atoms with van der Waals surface area (Å²) in [6.07, 6.45) is 4.22. The number of carboxylic acids is 1. The smallest absolute Gasteiger partial charge is 0.326 e. The molecule has 0 saturated heterocycles. The number of aromatic hydroxyl groups is 1. The molecule has 1 rings (SSSR count). The number of carboxylic acid groups (broad SMARTS) is 1. The maximum absolute atomic E-state index is 13.0. The minimum Gasteiger partial charge on any atom is -0.508 e.